The van der Waals surface area contributed by atoms with Crippen LogP contribution in [0.5, 0.6) is 11.5 Å². The van der Waals surface area contributed by atoms with Gasteiger partial charge in [0.25, 0.3) is 5.91 Å². The van der Waals surface area contributed by atoms with E-state index in [-0.39, 0.29) is 5.56 Å². The van der Waals surface area contributed by atoms with Gasteiger partial charge >= 0.3 is 5.97 Å². The maximum absolute atomic E-state index is 13.0. The average Bonchev–Trinajstić information content (AvgIpc) is 2.67. The third kappa shape index (κ3) is 4.72. The Kier molecular flexibility index (Phi) is 6.54. The first kappa shape index (κ1) is 19.2. The summed E-state index contributed by atoms with van der Waals surface area (Å²) in [6.07, 6.45) is 0. The minimum atomic E-state index is -0.675. The first-order valence-electron chi connectivity index (χ1n) is 7.94. The van der Waals surface area contributed by atoms with Crippen molar-refractivity contribution in [1.82, 2.24) is 0 Å². The van der Waals surface area contributed by atoms with Gasteiger partial charge in [0.1, 0.15) is 17.3 Å². The predicted octanol–water partition coefficient (Wildman–Crippen LogP) is 3.05. The number of nitrogens with zero attached hydrogens (tertiary/aromatic N) is 1. The van der Waals surface area contributed by atoms with E-state index in [1.54, 1.807) is 13.0 Å². The van der Waals surface area contributed by atoms with Crippen LogP contribution >= 0.6 is 0 Å². The number of likely N-dealkylation sites (N-methyl/N-ethyl adjacent to an activating group) is 1. The second-order valence-corrected chi connectivity index (χ2v) is 5.29. The quantitative estimate of drug-likeness (QED) is 0.709. The van der Waals surface area contributed by atoms with E-state index in [2.05, 4.69) is 0 Å². The Balaban J connectivity index is 2.05. The summed E-state index contributed by atoms with van der Waals surface area (Å²) in [5.74, 6) is -0.614. The molecule has 2 aromatic carbocycles. The van der Waals surface area contributed by atoms with Crippen LogP contribution in [0.3, 0.4) is 0 Å². The normalized spacial score (nSPS) is 10.2. The monoisotopic (exact) mass is 361 g/mol. The molecule has 0 bridgehead atoms. The molecule has 0 aliphatic carbocycles. The lowest BCUT2D eigenvalue weighted by Gasteiger charge is -2.20. The summed E-state index contributed by atoms with van der Waals surface area (Å²) >= 11 is 0. The molecule has 0 N–H and O–H groups in total. The average molecular weight is 361 g/mol. The van der Waals surface area contributed by atoms with Crippen molar-refractivity contribution in [1.29, 1.82) is 0 Å². The number of rotatable bonds is 7. The largest absolute Gasteiger partial charge is 0.497 e. The number of hydrogen-bond acceptors (Lipinski definition) is 5. The van der Waals surface area contributed by atoms with Crippen molar-refractivity contribution in [2.45, 2.75) is 6.92 Å². The molecule has 0 aliphatic heterocycles. The molecule has 0 radical (unpaired) electrons. The highest BCUT2D eigenvalue weighted by Gasteiger charge is 2.18. The molecule has 0 saturated heterocycles. The fourth-order valence-electron chi connectivity index (χ4n) is 2.34. The van der Waals surface area contributed by atoms with Gasteiger partial charge in [-0.15, -0.1) is 0 Å². The van der Waals surface area contributed by atoms with Gasteiger partial charge in [-0.1, -0.05) is 0 Å². The van der Waals surface area contributed by atoms with Crippen LogP contribution in [0.1, 0.15) is 17.3 Å². The molecule has 2 aromatic rings. The lowest BCUT2D eigenvalue weighted by Crippen LogP contribution is -2.34. The molecule has 1 amide bonds. The molecule has 0 spiro atoms. The van der Waals surface area contributed by atoms with E-state index in [4.69, 9.17) is 14.2 Å². The molecule has 26 heavy (non-hydrogen) atoms. The molecular weight excluding hydrogens is 341 g/mol. The van der Waals surface area contributed by atoms with Crippen LogP contribution in [0.2, 0.25) is 0 Å². The standard InChI is InChI=1S/C19H20FNO5/c1-4-21(15-7-5-14(20)6-8-15)18(22)12-26-19(23)13-9-16(24-2)11-17(10-13)25-3/h5-11H,4,12H2,1-3H3. The Bertz CT molecular complexity index is 754. The molecule has 0 unspecified atom stereocenters. The Morgan fingerprint density at radius 1 is 1.00 bits per heavy atom. The highest BCUT2D eigenvalue weighted by atomic mass is 19.1. The molecular formula is C19H20FNO5. The van der Waals surface area contributed by atoms with Gasteiger partial charge in [-0.25, -0.2) is 9.18 Å². The fraction of sp³-hybridized carbons (Fsp3) is 0.263. The van der Waals surface area contributed by atoms with Crippen molar-refractivity contribution in [2.75, 3.05) is 32.3 Å². The SMILES string of the molecule is CCN(C(=O)COC(=O)c1cc(OC)cc(OC)c1)c1ccc(F)cc1. The van der Waals surface area contributed by atoms with Crippen LogP contribution in [-0.2, 0) is 9.53 Å². The van der Waals surface area contributed by atoms with Gasteiger partial charge in [0.15, 0.2) is 6.61 Å². The Labute approximate surface area is 151 Å². The van der Waals surface area contributed by atoms with Gasteiger partial charge in [-0.2, -0.15) is 0 Å². The van der Waals surface area contributed by atoms with E-state index >= 15 is 0 Å². The van der Waals surface area contributed by atoms with Crippen molar-refractivity contribution in [3.63, 3.8) is 0 Å². The zero-order chi connectivity index (χ0) is 19.1. The lowest BCUT2D eigenvalue weighted by molar-refractivity contribution is -0.121. The summed E-state index contributed by atoms with van der Waals surface area (Å²) in [6.45, 7) is 1.69. The van der Waals surface area contributed by atoms with Gasteiger partial charge in [-0.05, 0) is 43.3 Å². The molecule has 0 saturated carbocycles. The predicted molar refractivity (Wildman–Crippen MR) is 94.3 cm³/mol. The number of amides is 1. The number of carbonyl (C=O) groups is 2. The highest BCUT2D eigenvalue weighted by molar-refractivity contribution is 5.97. The summed E-state index contributed by atoms with van der Waals surface area (Å²) in [5, 5.41) is 0. The topological polar surface area (TPSA) is 65.1 Å². The number of esters is 1. The number of benzene rings is 2. The van der Waals surface area contributed by atoms with Gasteiger partial charge in [-0.3, -0.25) is 4.79 Å². The first-order valence-corrected chi connectivity index (χ1v) is 7.94. The number of anilines is 1. The lowest BCUT2D eigenvalue weighted by atomic mass is 10.2. The van der Waals surface area contributed by atoms with Crippen LogP contribution in [0.25, 0.3) is 0 Å². The van der Waals surface area contributed by atoms with Crippen molar-refractivity contribution >= 4 is 17.6 Å². The third-order valence-corrected chi connectivity index (χ3v) is 3.67. The van der Waals surface area contributed by atoms with E-state index in [9.17, 15) is 14.0 Å². The van der Waals surface area contributed by atoms with E-state index in [0.29, 0.717) is 23.7 Å². The van der Waals surface area contributed by atoms with Crippen molar-refractivity contribution in [3.05, 3.63) is 53.8 Å². The Morgan fingerprint density at radius 2 is 1.58 bits per heavy atom. The number of halogens is 1. The summed E-state index contributed by atoms with van der Waals surface area (Å²) < 4.78 is 28.3. The number of methoxy groups -OCH3 is 2. The number of ether oxygens (including phenoxy) is 3. The number of hydrogen-bond donors (Lipinski definition) is 0. The van der Waals surface area contributed by atoms with E-state index in [1.165, 1.54) is 55.5 Å². The zero-order valence-corrected chi connectivity index (χ0v) is 14.8. The molecule has 0 fully saturated rings. The van der Waals surface area contributed by atoms with Crippen LogP contribution in [-0.4, -0.2) is 39.2 Å². The summed E-state index contributed by atoms with van der Waals surface area (Å²) in [4.78, 5) is 26.0. The summed E-state index contributed by atoms with van der Waals surface area (Å²) in [5.41, 5.74) is 0.733. The summed E-state index contributed by atoms with van der Waals surface area (Å²) in [7, 11) is 2.93. The molecule has 7 heteroatoms. The van der Waals surface area contributed by atoms with Crippen molar-refractivity contribution in [2.24, 2.45) is 0 Å². The van der Waals surface area contributed by atoms with Crippen LogP contribution in [0.4, 0.5) is 10.1 Å². The first-order chi connectivity index (χ1) is 12.5. The number of carbonyl (C=O) groups excluding carboxylic acids is 2. The Morgan fingerprint density at radius 3 is 2.08 bits per heavy atom. The molecule has 0 heterocycles. The van der Waals surface area contributed by atoms with Crippen molar-refractivity contribution in [3.8, 4) is 11.5 Å². The van der Waals surface area contributed by atoms with Crippen molar-refractivity contribution < 1.29 is 28.2 Å². The van der Waals surface area contributed by atoms with E-state index in [1.807, 2.05) is 0 Å². The van der Waals surface area contributed by atoms with E-state index < -0.39 is 24.3 Å². The Hall–Kier alpha value is -3.09. The molecule has 0 aliphatic rings. The minimum absolute atomic E-state index is 0.207. The van der Waals surface area contributed by atoms with Gasteiger partial charge < -0.3 is 19.1 Å². The van der Waals surface area contributed by atoms with E-state index in [0.717, 1.165) is 0 Å². The van der Waals surface area contributed by atoms with Gasteiger partial charge in [0.2, 0.25) is 0 Å². The molecule has 0 aromatic heterocycles. The maximum Gasteiger partial charge on any atom is 0.338 e. The van der Waals surface area contributed by atoms with Crippen LogP contribution in [0, 0.1) is 5.82 Å². The smallest absolute Gasteiger partial charge is 0.338 e. The molecule has 2 rings (SSSR count). The minimum Gasteiger partial charge on any atom is -0.497 e. The van der Waals surface area contributed by atoms with Gasteiger partial charge in [0.05, 0.1) is 19.8 Å². The highest BCUT2D eigenvalue weighted by Crippen LogP contribution is 2.23. The maximum atomic E-state index is 13.0. The van der Waals surface area contributed by atoms with Crippen LogP contribution < -0.4 is 14.4 Å². The molecule has 138 valence electrons. The second-order valence-electron chi connectivity index (χ2n) is 5.29. The molecule has 6 nitrogen and oxygen atoms in total. The fourth-order valence-corrected chi connectivity index (χ4v) is 2.34. The van der Waals surface area contributed by atoms with Gasteiger partial charge in [0, 0.05) is 18.3 Å². The molecule has 0 atom stereocenters. The van der Waals surface area contributed by atoms with Crippen LogP contribution in [0.15, 0.2) is 42.5 Å². The summed E-state index contributed by atoms with van der Waals surface area (Å²) in [6, 6.07) is 10.1. The third-order valence-electron chi connectivity index (χ3n) is 3.67. The zero-order valence-electron chi connectivity index (χ0n) is 14.8. The second kappa shape index (κ2) is 8.84.